The summed E-state index contributed by atoms with van der Waals surface area (Å²) >= 11 is 0. The molecule has 0 aromatic rings. The van der Waals surface area contributed by atoms with Crippen LogP contribution in [0.3, 0.4) is 0 Å². The summed E-state index contributed by atoms with van der Waals surface area (Å²) in [6, 6.07) is 1.64. The fraction of sp³-hybridized carbons (Fsp3) is 1.00. The molecule has 144 valence electrons. The first-order valence-corrected chi connectivity index (χ1v) is 11.2. The molecule has 2 saturated heterocycles. The quantitative estimate of drug-likeness (QED) is 0.723. The van der Waals surface area contributed by atoms with E-state index in [1.54, 1.807) is 0 Å². The minimum absolute atomic E-state index is 0.724. The van der Waals surface area contributed by atoms with Gasteiger partial charge in [0.25, 0.3) is 0 Å². The van der Waals surface area contributed by atoms with Crippen LogP contribution in [0.15, 0.2) is 0 Å². The van der Waals surface area contributed by atoms with E-state index in [0.717, 1.165) is 22.9 Å². The molecule has 0 bridgehead atoms. The highest BCUT2D eigenvalue weighted by molar-refractivity contribution is 5.03. The first-order chi connectivity index (χ1) is 12.0. The fourth-order valence-electron chi connectivity index (χ4n) is 6.08. The summed E-state index contributed by atoms with van der Waals surface area (Å²) in [4.78, 5) is 8.28. The molecule has 2 aliphatic carbocycles. The van der Waals surface area contributed by atoms with Crippen molar-refractivity contribution >= 4 is 0 Å². The molecule has 2 aliphatic heterocycles. The lowest BCUT2D eigenvalue weighted by Crippen LogP contribution is -2.59. The average Bonchev–Trinajstić information content (AvgIpc) is 3.33. The molecule has 3 nitrogen and oxygen atoms in total. The SMILES string of the molecule is CCCC1(CN2CCC3(CC2)CC(N2CCN(C(C)C)CC2)C3)CC1. The number of hydrogen-bond acceptors (Lipinski definition) is 3. The number of likely N-dealkylation sites (tertiary alicyclic amines) is 1. The highest BCUT2D eigenvalue weighted by Crippen LogP contribution is 2.53. The van der Waals surface area contributed by atoms with E-state index < -0.39 is 0 Å². The second-order valence-electron chi connectivity index (χ2n) is 10.3. The molecule has 0 radical (unpaired) electrons. The zero-order valence-corrected chi connectivity index (χ0v) is 17.1. The van der Waals surface area contributed by atoms with Gasteiger partial charge in [0.05, 0.1) is 0 Å². The number of hydrogen-bond donors (Lipinski definition) is 0. The third kappa shape index (κ3) is 3.94. The topological polar surface area (TPSA) is 9.72 Å². The lowest BCUT2D eigenvalue weighted by molar-refractivity contribution is -0.0596. The van der Waals surface area contributed by atoms with Crippen LogP contribution in [-0.2, 0) is 0 Å². The van der Waals surface area contributed by atoms with Gasteiger partial charge in [-0.05, 0) is 82.7 Å². The summed E-state index contributed by atoms with van der Waals surface area (Å²) in [7, 11) is 0. The molecule has 2 heterocycles. The second-order valence-corrected chi connectivity index (χ2v) is 10.3. The summed E-state index contributed by atoms with van der Waals surface area (Å²) < 4.78 is 0. The maximum absolute atomic E-state index is 2.82. The van der Waals surface area contributed by atoms with E-state index in [4.69, 9.17) is 0 Å². The summed E-state index contributed by atoms with van der Waals surface area (Å²) in [5.74, 6) is 0. The molecule has 0 atom stereocenters. The van der Waals surface area contributed by atoms with Crippen molar-refractivity contribution in [3.63, 3.8) is 0 Å². The van der Waals surface area contributed by atoms with Gasteiger partial charge in [-0.15, -0.1) is 0 Å². The Kier molecular flexibility index (Phi) is 5.20. The van der Waals surface area contributed by atoms with Gasteiger partial charge in [-0.2, -0.15) is 0 Å². The third-order valence-corrected chi connectivity index (χ3v) is 8.15. The molecule has 1 spiro atoms. The molecule has 25 heavy (non-hydrogen) atoms. The smallest absolute Gasteiger partial charge is 0.0113 e. The Morgan fingerprint density at radius 1 is 0.880 bits per heavy atom. The Morgan fingerprint density at radius 3 is 2.04 bits per heavy atom. The Bertz CT molecular complexity index is 432. The molecule has 0 aromatic heterocycles. The molecular weight excluding hydrogens is 306 g/mol. The summed E-state index contributed by atoms with van der Waals surface area (Å²) in [5, 5.41) is 0. The number of piperidine rings is 1. The molecule has 0 unspecified atom stereocenters. The molecule has 2 saturated carbocycles. The van der Waals surface area contributed by atoms with Crippen LogP contribution < -0.4 is 0 Å². The van der Waals surface area contributed by atoms with Gasteiger partial charge in [-0.25, -0.2) is 0 Å². The van der Waals surface area contributed by atoms with Crippen molar-refractivity contribution in [3.05, 3.63) is 0 Å². The van der Waals surface area contributed by atoms with Crippen LogP contribution in [-0.4, -0.2) is 72.6 Å². The van der Waals surface area contributed by atoms with E-state index in [1.807, 2.05) is 0 Å². The van der Waals surface area contributed by atoms with Crippen LogP contribution in [0.5, 0.6) is 0 Å². The Labute approximate surface area is 156 Å². The Hall–Kier alpha value is -0.120. The Morgan fingerprint density at radius 2 is 1.52 bits per heavy atom. The van der Waals surface area contributed by atoms with Gasteiger partial charge in [0.1, 0.15) is 0 Å². The number of nitrogens with zero attached hydrogens (tertiary/aromatic N) is 3. The van der Waals surface area contributed by atoms with Gasteiger partial charge in [0.15, 0.2) is 0 Å². The predicted molar refractivity (Wildman–Crippen MR) is 106 cm³/mol. The van der Waals surface area contributed by atoms with Crippen molar-refractivity contribution in [1.29, 1.82) is 0 Å². The van der Waals surface area contributed by atoms with Crippen molar-refractivity contribution in [2.24, 2.45) is 10.8 Å². The molecule has 4 fully saturated rings. The first kappa shape index (κ1) is 18.3. The van der Waals surface area contributed by atoms with Crippen LogP contribution >= 0.6 is 0 Å². The van der Waals surface area contributed by atoms with Crippen molar-refractivity contribution in [3.8, 4) is 0 Å². The predicted octanol–water partition coefficient (Wildman–Crippen LogP) is 3.84. The fourth-order valence-corrected chi connectivity index (χ4v) is 6.08. The molecule has 4 aliphatic rings. The minimum atomic E-state index is 0.724. The number of piperazine rings is 1. The van der Waals surface area contributed by atoms with Crippen LogP contribution in [0.2, 0.25) is 0 Å². The van der Waals surface area contributed by atoms with Crippen LogP contribution in [0, 0.1) is 10.8 Å². The molecule has 0 amide bonds. The number of rotatable bonds is 6. The minimum Gasteiger partial charge on any atom is -0.303 e. The third-order valence-electron chi connectivity index (χ3n) is 8.15. The summed E-state index contributed by atoms with van der Waals surface area (Å²) in [5.41, 5.74) is 1.48. The van der Waals surface area contributed by atoms with Crippen molar-refractivity contribution in [1.82, 2.24) is 14.7 Å². The first-order valence-electron chi connectivity index (χ1n) is 11.2. The van der Waals surface area contributed by atoms with E-state index in [1.165, 1.54) is 97.2 Å². The molecule has 0 N–H and O–H groups in total. The molecule has 0 aromatic carbocycles. The van der Waals surface area contributed by atoms with E-state index in [2.05, 4.69) is 35.5 Å². The van der Waals surface area contributed by atoms with Gasteiger partial charge in [0, 0.05) is 44.8 Å². The zero-order chi connectivity index (χ0) is 17.5. The van der Waals surface area contributed by atoms with E-state index in [-0.39, 0.29) is 0 Å². The average molecular weight is 348 g/mol. The van der Waals surface area contributed by atoms with E-state index in [9.17, 15) is 0 Å². The molecular formula is C22H41N3. The zero-order valence-electron chi connectivity index (χ0n) is 17.1. The van der Waals surface area contributed by atoms with Gasteiger partial charge in [-0.3, -0.25) is 9.80 Å². The van der Waals surface area contributed by atoms with Crippen molar-refractivity contribution < 1.29 is 0 Å². The highest BCUT2D eigenvalue weighted by atomic mass is 15.3. The maximum Gasteiger partial charge on any atom is 0.0113 e. The van der Waals surface area contributed by atoms with E-state index in [0.29, 0.717) is 0 Å². The lowest BCUT2D eigenvalue weighted by atomic mass is 9.60. The standard InChI is InChI=1S/C22H41N3/c1-4-5-21(6-7-21)18-23-10-8-22(9-11-23)16-20(17-22)25-14-12-24(13-15-25)19(2)3/h19-20H,4-18H2,1-3H3. The summed E-state index contributed by atoms with van der Waals surface area (Å²) in [6.45, 7) is 16.4. The highest BCUT2D eigenvalue weighted by Gasteiger charge is 2.49. The Balaban J connectivity index is 1.18. The van der Waals surface area contributed by atoms with Gasteiger partial charge in [0.2, 0.25) is 0 Å². The van der Waals surface area contributed by atoms with Crippen LogP contribution in [0.25, 0.3) is 0 Å². The van der Waals surface area contributed by atoms with Crippen LogP contribution in [0.1, 0.15) is 72.1 Å². The second kappa shape index (κ2) is 7.13. The van der Waals surface area contributed by atoms with Crippen molar-refractivity contribution in [2.75, 3.05) is 45.8 Å². The van der Waals surface area contributed by atoms with Crippen molar-refractivity contribution in [2.45, 2.75) is 84.2 Å². The molecule has 3 heteroatoms. The van der Waals surface area contributed by atoms with Gasteiger partial charge < -0.3 is 4.90 Å². The maximum atomic E-state index is 2.82. The van der Waals surface area contributed by atoms with E-state index >= 15 is 0 Å². The summed E-state index contributed by atoms with van der Waals surface area (Å²) in [6.07, 6.45) is 11.8. The van der Waals surface area contributed by atoms with Gasteiger partial charge in [-0.1, -0.05) is 13.3 Å². The largest absolute Gasteiger partial charge is 0.303 e. The monoisotopic (exact) mass is 347 g/mol. The van der Waals surface area contributed by atoms with Crippen LogP contribution in [0.4, 0.5) is 0 Å². The lowest BCUT2D eigenvalue weighted by Gasteiger charge is -2.56. The normalized spacial score (nSPS) is 30.7. The van der Waals surface area contributed by atoms with Gasteiger partial charge >= 0.3 is 0 Å². The molecule has 4 rings (SSSR count).